The summed E-state index contributed by atoms with van der Waals surface area (Å²) in [4.78, 5) is 15.0. The van der Waals surface area contributed by atoms with E-state index >= 15 is 0 Å². The highest BCUT2D eigenvalue weighted by molar-refractivity contribution is 6.03. The van der Waals surface area contributed by atoms with Crippen molar-refractivity contribution in [2.75, 3.05) is 6.61 Å². The lowest BCUT2D eigenvalue weighted by molar-refractivity contribution is 0.0500. The molecule has 0 unspecified atom stereocenters. The third-order valence-electron chi connectivity index (χ3n) is 3.05. The van der Waals surface area contributed by atoms with Gasteiger partial charge in [-0.1, -0.05) is 32.3 Å². The minimum Gasteiger partial charge on any atom is -0.462 e. The summed E-state index contributed by atoms with van der Waals surface area (Å²) in [6, 6.07) is 7.54. The van der Waals surface area contributed by atoms with Gasteiger partial charge in [0, 0.05) is 17.1 Å². The Morgan fingerprint density at radius 2 is 2.11 bits per heavy atom. The topological polar surface area (TPSA) is 42.1 Å². The van der Waals surface area contributed by atoms with Gasteiger partial charge in [0.1, 0.15) is 0 Å². The van der Waals surface area contributed by atoms with Crippen LogP contribution in [0.3, 0.4) is 0 Å². The zero-order valence-electron chi connectivity index (χ0n) is 10.7. The molecule has 0 atom stereocenters. The number of fused-ring (bicyclic) bond motifs is 1. The molecule has 2 aromatic rings. The molecule has 2 rings (SSSR count). The first kappa shape index (κ1) is 12.7. The van der Waals surface area contributed by atoms with Crippen molar-refractivity contribution in [2.45, 2.75) is 32.6 Å². The van der Waals surface area contributed by atoms with Crippen molar-refractivity contribution in [1.82, 2.24) is 4.98 Å². The second kappa shape index (κ2) is 6.24. The monoisotopic (exact) mass is 245 g/mol. The van der Waals surface area contributed by atoms with Crippen LogP contribution in [0.4, 0.5) is 0 Å². The van der Waals surface area contributed by atoms with Gasteiger partial charge in [0.15, 0.2) is 0 Å². The highest BCUT2D eigenvalue weighted by atomic mass is 16.5. The molecular weight excluding hydrogens is 226 g/mol. The number of aromatic amines is 1. The third-order valence-corrected chi connectivity index (χ3v) is 3.05. The van der Waals surface area contributed by atoms with E-state index in [9.17, 15) is 4.79 Å². The van der Waals surface area contributed by atoms with Gasteiger partial charge in [-0.2, -0.15) is 0 Å². The maximum absolute atomic E-state index is 12.0. The first-order valence-electron chi connectivity index (χ1n) is 6.56. The quantitative estimate of drug-likeness (QED) is 0.619. The first-order chi connectivity index (χ1) is 8.83. The molecule has 1 aromatic heterocycles. The number of hydrogen-bond acceptors (Lipinski definition) is 2. The van der Waals surface area contributed by atoms with E-state index in [4.69, 9.17) is 4.74 Å². The number of rotatable bonds is 6. The van der Waals surface area contributed by atoms with Crippen LogP contribution in [0, 0.1) is 0 Å². The molecule has 0 spiro atoms. The van der Waals surface area contributed by atoms with Crippen molar-refractivity contribution in [3.8, 4) is 0 Å². The number of ether oxygens (including phenoxy) is 1. The van der Waals surface area contributed by atoms with Gasteiger partial charge in [-0.05, 0) is 24.6 Å². The molecule has 0 radical (unpaired) electrons. The Morgan fingerprint density at radius 1 is 1.22 bits per heavy atom. The third kappa shape index (κ3) is 2.92. The van der Waals surface area contributed by atoms with E-state index in [1.165, 1.54) is 12.8 Å². The van der Waals surface area contributed by atoms with Gasteiger partial charge in [-0.3, -0.25) is 0 Å². The van der Waals surface area contributed by atoms with Crippen LogP contribution in [0.5, 0.6) is 0 Å². The Balaban J connectivity index is 1.94. The summed E-state index contributed by atoms with van der Waals surface area (Å²) in [6.07, 6.45) is 6.30. The van der Waals surface area contributed by atoms with Crippen molar-refractivity contribution >= 4 is 16.9 Å². The smallest absolute Gasteiger partial charge is 0.338 e. The predicted octanol–water partition coefficient (Wildman–Crippen LogP) is 3.91. The number of nitrogens with one attached hydrogen (secondary N) is 1. The van der Waals surface area contributed by atoms with Crippen LogP contribution in [-0.4, -0.2) is 17.6 Å². The van der Waals surface area contributed by atoms with Gasteiger partial charge in [-0.15, -0.1) is 0 Å². The van der Waals surface area contributed by atoms with E-state index in [1.807, 2.05) is 30.5 Å². The Morgan fingerprint density at radius 3 is 2.94 bits per heavy atom. The molecule has 3 heteroatoms. The Labute approximate surface area is 107 Å². The highest BCUT2D eigenvalue weighted by Gasteiger charge is 2.11. The van der Waals surface area contributed by atoms with Gasteiger partial charge in [0.25, 0.3) is 0 Å². The van der Waals surface area contributed by atoms with Crippen molar-refractivity contribution < 1.29 is 9.53 Å². The first-order valence-corrected chi connectivity index (χ1v) is 6.56. The fraction of sp³-hybridized carbons (Fsp3) is 0.400. The number of H-pyrrole nitrogens is 1. The van der Waals surface area contributed by atoms with Gasteiger partial charge in [-0.25, -0.2) is 4.79 Å². The minimum absolute atomic E-state index is 0.225. The van der Waals surface area contributed by atoms with E-state index in [-0.39, 0.29) is 5.97 Å². The van der Waals surface area contributed by atoms with Gasteiger partial charge < -0.3 is 9.72 Å². The van der Waals surface area contributed by atoms with Gasteiger partial charge in [0.2, 0.25) is 0 Å². The predicted molar refractivity (Wildman–Crippen MR) is 72.7 cm³/mol. The highest BCUT2D eigenvalue weighted by Crippen LogP contribution is 2.18. The summed E-state index contributed by atoms with van der Waals surface area (Å²) in [6.45, 7) is 2.68. The summed E-state index contributed by atoms with van der Waals surface area (Å²) in [5, 5.41) is 0.927. The number of carbonyl (C=O) groups excluding carboxylic acids is 1. The normalized spacial score (nSPS) is 10.7. The number of benzene rings is 1. The van der Waals surface area contributed by atoms with E-state index in [1.54, 1.807) is 0 Å². The largest absolute Gasteiger partial charge is 0.462 e. The van der Waals surface area contributed by atoms with Crippen molar-refractivity contribution in [3.05, 3.63) is 36.0 Å². The summed E-state index contributed by atoms with van der Waals surface area (Å²) in [7, 11) is 0. The van der Waals surface area contributed by atoms with Crippen molar-refractivity contribution in [2.24, 2.45) is 0 Å². The van der Waals surface area contributed by atoms with Crippen LogP contribution in [0.15, 0.2) is 30.5 Å². The van der Waals surface area contributed by atoms with E-state index in [0.29, 0.717) is 12.2 Å². The Bertz CT molecular complexity index is 516. The van der Waals surface area contributed by atoms with Crippen LogP contribution >= 0.6 is 0 Å². The minimum atomic E-state index is -0.225. The second-order valence-electron chi connectivity index (χ2n) is 4.44. The van der Waals surface area contributed by atoms with E-state index < -0.39 is 0 Å². The molecule has 0 fully saturated rings. The maximum atomic E-state index is 12.0. The molecule has 0 bridgehead atoms. The summed E-state index contributed by atoms with van der Waals surface area (Å²) in [5.41, 5.74) is 1.61. The molecule has 0 aliphatic heterocycles. The molecule has 1 N–H and O–H groups in total. The molecule has 0 saturated heterocycles. The molecule has 3 nitrogen and oxygen atoms in total. The van der Waals surface area contributed by atoms with Crippen LogP contribution in [0.1, 0.15) is 43.0 Å². The number of hydrogen-bond donors (Lipinski definition) is 1. The molecule has 0 saturated carbocycles. The Kier molecular flexibility index (Phi) is 4.40. The average Bonchev–Trinajstić information content (AvgIpc) is 2.86. The lowest BCUT2D eigenvalue weighted by Crippen LogP contribution is -2.06. The number of esters is 1. The van der Waals surface area contributed by atoms with E-state index in [0.717, 1.165) is 23.7 Å². The average molecular weight is 245 g/mol. The summed E-state index contributed by atoms with van der Waals surface area (Å²) < 4.78 is 5.30. The lowest BCUT2D eigenvalue weighted by atomic mass is 10.1. The summed E-state index contributed by atoms with van der Waals surface area (Å²) in [5.74, 6) is -0.225. The van der Waals surface area contributed by atoms with Gasteiger partial charge >= 0.3 is 5.97 Å². The van der Waals surface area contributed by atoms with Crippen LogP contribution in [0.2, 0.25) is 0 Å². The van der Waals surface area contributed by atoms with Crippen LogP contribution in [0.25, 0.3) is 10.9 Å². The number of unbranched alkanes of at least 4 members (excludes halogenated alkanes) is 3. The molecule has 0 aliphatic rings. The molecule has 1 aromatic carbocycles. The lowest BCUT2D eigenvalue weighted by Gasteiger charge is -2.05. The molecule has 0 aliphatic carbocycles. The van der Waals surface area contributed by atoms with Crippen LogP contribution < -0.4 is 0 Å². The zero-order valence-corrected chi connectivity index (χ0v) is 10.7. The molecule has 0 amide bonds. The fourth-order valence-electron chi connectivity index (χ4n) is 2.03. The zero-order chi connectivity index (χ0) is 12.8. The number of carbonyl (C=O) groups is 1. The van der Waals surface area contributed by atoms with E-state index in [2.05, 4.69) is 11.9 Å². The maximum Gasteiger partial charge on any atom is 0.338 e. The molecule has 18 heavy (non-hydrogen) atoms. The van der Waals surface area contributed by atoms with Crippen LogP contribution in [-0.2, 0) is 4.74 Å². The Hall–Kier alpha value is -1.77. The molecular formula is C15H19NO2. The fourth-order valence-corrected chi connectivity index (χ4v) is 2.03. The standard InChI is InChI=1S/C15H19NO2/c1-2-3-4-5-11-18-15(17)13-7-6-8-14-12(13)9-10-16-14/h6-10,16H,2-5,11H2,1H3. The molecule has 96 valence electrons. The van der Waals surface area contributed by atoms with Crippen molar-refractivity contribution in [3.63, 3.8) is 0 Å². The summed E-state index contributed by atoms with van der Waals surface area (Å²) >= 11 is 0. The second-order valence-corrected chi connectivity index (χ2v) is 4.44. The van der Waals surface area contributed by atoms with Gasteiger partial charge in [0.05, 0.1) is 12.2 Å². The SMILES string of the molecule is CCCCCCOC(=O)c1cccc2[nH]ccc12. The molecule has 1 heterocycles. The number of aromatic nitrogens is 1. The van der Waals surface area contributed by atoms with Crippen molar-refractivity contribution in [1.29, 1.82) is 0 Å².